The third-order valence-electron chi connectivity index (χ3n) is 2.19. The van der Waals surface area contributed by atoms with Crippen molar-refractivity contribution in [1.82, 2.24) is 4.98 Å². The van der Waals surface area contributed by atoms with Crippen molar-refractivity contribution >= 4 is 23.1 Å². The summed E-state index contributed by atoms with van der Waals surface area (Å²) in [6, 6.07) is 11.3. The predicted molar refractivity (Wildman–Crippen MR) is 70.1 cm³/mol. The van der Waals surface area contributed by atoms with E-state index in [-0.39, 0.29) is 0 Å². The monoisotopic (exact) mass is 248 g/mol. The van der Waals surface area contributed by atoms with Crippen molar-refractivity contribution < 1.29 is 4.74 Å². The number of rotatable bonds is 4. The van der Waals surface area contributed by atoms with Crippen LogP contribution in [0.25, 0.3) is 0 Å². The van der Waals surface area contributed by atoms with Gasteiger partial charge in [0, 0.05) is 11.9 Å². The number of halogens is 1. The fourth-order valence-electron chi connectivity index (χ4n) is 1.42. The molecule has 0 saturated carbocycles. The van der Waals surface area contributed by atoms with Crippen LogP contribution >= 0.6 is 11.6 Å². The van der Waals surface area contributed by atoms with Gasteiger partial charge in [-0.3, -0.25) is 0 Å². The van der Waals surface area contributed by atoms with E-state index in [1.165, 1.54) is 0 Å². The summed E-state index contributed by atoms with van der Waals surface area (Å²) in [5.74, 6) is 1.50. The van der Waals surface area contributed by atoms with Gasteiger partial charge in [0.1, 0.15) is 11.6 Å². The molecule has 0 bridgehead atoms. The van der Waals surface area contributed by atoms with Crippen molar-refractivity contribution in [2.24, 2.45) is 0 Å². The van der Waals surface area contributed by atoms with Crippen LogP contribution in [0.4, 0.5) is 11.5 Å². The van der Waals surface area contributed by atoms with Crippen LogP contribution in [0.5, 0.6) is 5.75 Å². The molecule has 0 spiro atoms. The maximum Gasteiger partial charge on any atom is 0.149 e. The Morgan fingerprint density at radius 3 is 2.65 bits per heavy atom. The minimum atomic E-state index is 0.599. The normalized spacial score (nSPS) is 10.0. The van der Waals surface area contributed by atoms with Gasteiger partial charge in [0.2, 0.25) is 0 Å². The molecule has 4 heteroatoms. The van der Waals surface area contributed by atoms with Gasteiger partial charge < -0.3 is 10.1 Å². The van der Waals surface area contributed by atoms with Crippen LogP contribution in [0.3, 0.4) is 0 Å². The highest BCUT2D eigenvalue weighted by atomic mass is 35.5. The lowest BCUT2D eigenvalue weighted by molar-refractivity contribution is 0.340. The highest BCUT2D eigenvalue weighted by Crippen LogP contribution is 2.23. The number of hydrogen-bond acceptors (Lipinski definition) is 3. The summed E-state index contributed by atoms with van der Waals surface area (Å²) in [5.41, 5.74) is 0.925. The number of anilines is 2. The molecule has 0 aliphatic heterocycles. The molecular weight excluding hydrogens is 236 g/mol. The highest BCUT2D eigenvalue weighted by molar-refractivity contribution is 6.33. The van der Waals surface area contributed by atoms with Gasteiger partial charge in [-0.15, -0.1) is 0 Å². The van der Waals surface area contributed by atoms with E-state index in [9.17, 15) is 0 Å². The Kier molecular flexibility index (Phi) is 3.83. The first-order valence-corrected chi connectivity index (χ1v) is 5.78. The summed E-state index contributed by atoms with van der Waals surface area (Å²) >= 11 is 6.01. The zero-order chi connectivity index (χ0) is 12.1. The summed E-state index contributed by atoms with van der Waals surface area (Å²) in [7, 11) is 0. The smallest absolute Gasteiger partial charge is 0.149 e. The first kappa shape index (κ1) is 11.7. The van der Waals surface area contributed by atoms with Crippen LogP contribution < -0.4 is 10.1 Å². The second kappa shape index (κ2) is 5.55. The third-order valence-corrected chi connectivity index (χ3v) is 2.49. The molecule has 2 aromatic rings. The summed E-state index contributed by atoms with van der Waals surface area (Å²) < 4.78 is 5.37. The molecule has 0 fully saturated rings. The largest absolute Gasteiger partial charge is 0.494 e. The van der Waals surface area contributed by atoms with Gasteiger partial charge in [-0.1, -0.05) is 11.6 Å². The molecule has 17 heavy (non-hydrogen) atoms. The zero-order valence-electron chi connectivity index (χ0n) is 9.48. The number of nitrogens with one attached hydrogen (secondary N) is 1. The fourth-order valence-corrected chi connectivity index (χ4v) is 1.58. The topological polar surface area (TPSA) is 34.1 Å². The van der Waals surface area contributed by atoms with Gasteiger partial charge in [0.05, 0.1) is 11.6 Å². The van der Waals surface area contributed by atoms with Crippen LogP contribution in [-0.4, -0.2) is 11.6 Å². The number of hydrogen-bond donors (Lipinski definition) is 1. The minimum absolute atomic E-state index is 0.599. The van der Waals surface area contributed by atoms with Crippen LogP contribution in [0.15, 0.2) is 42.6 Å². The maximum atomic E-state index is 6.01. The van der Waals surface area contributed by atoms with Crippen LogP contribution in [0.1, 0.15) is 6.92 Å². The van der Waals surface area contributed by atoms with Gasteiger partial charge in [-0.25, -0.2) is 4.98 Å². The van der Waals surface area contributed by atoms with Gasteiger partial charge in [-0.2, -0.15) is 0 Å². The van der Waals surface area contributed by atoms with E-state index < -0.39 is 0 Å². The van der Waals surface area contributed by atoms with Crippen LogP contribution in [0.2, 0.25) is 5.02 Å². The van der Waals surface area contributed by atoms with E-state index in [0.717, 1.165) is 11.4 Å². The Labute approximate surface area is 105 Å². The van der Waals surface area contributed by atoms with Crippen molar-refractivity contribution in [3.05, 3.63) is 47.6 Å². The standard InChI is InChI=1S/C13H13ClN2O/c1-2-17-11-7-5-10(6-8-11)16-13-12(14)4-3-9-15-13/h3-9H,2H2,1H3,(H,15,16). The molecule has 2 rings (SSSR count). The lowest BCUT2D eigenvalue weighted by Gasteiger charge is -2.08. The summed E-state index contributed by atoms with van der Waals surface area (Å²) in [5, 5.41) is 3.74. The van der Waals surface area contributed by atoms with E-state index in [0.29, 0.717) is 17.4 Å². The number of benzene rings is 1. The van der Waals surface area contributed by atoms with Crippen molar-refractivity contribution in [3.8, 4) is 5.75 Å². The minimum Gasteiger partial charge on any atom is -0.494 e. The van der Waals surface area contributed by atoms with Crippen molar-refractivity contribution in [3.63, 3.8) is 0 Å². The Morgan fingerprint density at radius 2 is 2.00 bits per heavy atom. The van der Waals surface area contributed by atoms with E-state index in [1.54, 1.807) is 18.3 Å². The molecule has 1 aromatic carbocycles. The fraction of sp³-hybridized carbons (Fsp3) is 0.154. The van der Waals surface area contributed by atoms with Crippen LogP contribution in [-0.2, 0) is 0 Å². The van der Waals surface area contributed by atoms with E-state index in [1.807, 2.05) is 31.2 Å². The maximum absolute atomic E-state index is 6.01. The average molecular weight is 249 g/mol. The van der Waals surface area contributed by atoms with Crippen LogP contribution in [0, 0.1) is 0 Å². The van der Waals surface area contributed by atoms with Gasteiger partial charge in [0.25, 0.3) is 0 Å². The molecule has 1 N–H and O–H groups in total. The molecule has 1 heterocycles. The molecule has 0 aliphatic carbocycles. The van der Waals surface area contributed by atoms with Gasteiger partial charge in [-0.05, 0) is 43.3 Å². The highest BCUT2D eigenvalue weighted by Gasteiger charge is 2.01. The van der Waals surface area contributed by atoms with Gasteiger partial charge in [0.15, 0.2) is 0 Å². The quantitative estimate of drug-likeness (QED) is 0.892. The van der Waals surface area contributed by atoms with E-state index in [4.69, 9.17) is 16.3 Å². The second-order valence-corrected chi connectivity index (χ2v) is 3.82. The summed E-state index contributed by atoms with van der Waals surface area (Å²) in [6.45, 7) is 2.62. The molecule has 0 aliphatic rings. The predicted octanol–water partition coefficient (Wildman–Crippen LogP) is 3.88. The van der Waals surface area contributed by atoms with Crippen molar-refractivity contribution in [2.45, 2.75) is 6.92 Å². The molecule has 3 nitrogen and oxygen atoms in total. The second-order valence-electron chi connectivity index (χ2n) is 3.42. The summed E-state index contributed by atoms with van der Waals surface area (Å²) in [6.07, 6.45) is 1.70. The van der Waals surface area contributed by atoms with E-state index in [2.05, 4.69) is 10.3 Å². The zero-order valence-corrected chi connectivity index (χ0v) is 10.2. The molecule has 88 valence electrons. The Balaban J connectivity index is 2.11. The van der Waals surface area contributed by atoms with E-state index >= 15 is 0 Å². The number of pyridine rings is 1. The first-order chi connectivity index (χ1) is 8.29. The first-order valence-electron chi connectivity index (χ1n) is 5.40. The molecule has 0 unspecified atom stereocenters. The number of ether oxygens (including phenoxy) is 1. The molecule has 0 atom stereocenters. The average Bonchev–Trinajstić information content (AvgIpc) is 2.35. The lowest BCUT2D eigenvalue weighted by atomic mass is 10.3. The number of nitrogens with zero attached hydrogens (tertiary/aromatic N) is 1. The molecular formula is C13H13ClN2O. The Morgan fingerprint density at radius 1 is 1.24 bits per heavy atom. The lowest BCUT2D eigenvalue weighted by Crippen LogP contribution is -1.95. The summed E-state index contributed by atoms with van der Waals surface area (Å²) in [4.78, 5) is 4.16. The third kappa shape index (κ3) is 3.11. The van der Waals surface area contributed by atoms with Crippen molar-refractivity contribution in [1.29, 1.82) is 0 Å². The molecule has 0 saturated heterocycles. The Hall–Kier alpha value is -1.74. The molecule has 0 amide bonds. The molecule has 0 radical (unpaired) electrons. The molecule has 1 aromatic heterocycles. The van der Waals surface area contributed by atoms with Crippen molar-refractivity contribution in [2.75, 3.05) is 11.9 Å². The van der Waals surface area contributed by atoms with Gasteiger partial charge >= 0.3 is 0 Å². The Bertz CT molecular complexity index is 485. The number of aromatic nitrogens is 1. The SMILES string of the molecule is CCOc1ccc(Nc2ncccc2Cl)cc1.